The van der Waals surface area contributed by atoms with Gasteiger partial charge >= 0.3 is 5.97 Å². The van der Waals surface area contributed by atoms with E-state index in [-0.39, 0.29) is 13.1 Å². The molecule has 5 heteroatoms. The Morgan fingerprint density at radius 3 is 2.63 bits per heavy atom. The second-order valence-corrected chi connectivity index (χ2v) is 4.25. The van der Waals surface area contributed by atoms with Crippen molar-refractivity contribution in [1.29, 1.82) is 0 Å². The van der Waals surface area contributed by atoms with Gasteiger partial charge in [-0.1, -0.05) is 12.0 Å². The predicted octanol–water partition coefficient (Wildman–Crippen LogP) is 0.614. The number of nitrogens with zero attached hydrogens (tertiary/aromatic N) is 1. The molecule has 1 rings (SSSR count). The molecule has 0 saturated carbocycles. The van der Waals surface area contributed by atoms with Crippen LogP contribution in [0, 0.1) is 19.3 Å². The number of aryl methyl sites for hydroxylation is 1. The average molecular weight is 260 g/mol. The number of hydrogen-bond acceptors (Lipinski definition) is 3. The van der Waals surface area contributed by atoms with Crippen LogP contribution < -0.4 is 5.73 Å². The van der Waals surface area contributed by atoms with Gasteiger partial charge in [-0.15, -0.1) is 6.42 Å². The molecule has 1 aromatic rings. The van der Waals surface area contributed by atoms with Gasteiger partial charge in [0.05, 0.1) is 13.1 Å². The highest BCUT2D eigenvalue weighted by molar-refractivity contribution is 5.93. The van der Waals surface area contributed by atoms with Crippen LogP contribution in [0.1, 0.15) is 21.5 Å². The van der Waals surface area contributed by atoms with E-state index in [1.807, 2.05) is 6.92 Å². The van der Waals surface area contributed by atoms with E-state index in [4.69, 9.17) is 17.3 Å². The first-order chi connectivity index (χ1) is 8.93. The molecule has 19 heavy (non-hydrogen) atoms. The van der Waals surface area contributed by atoms with E-state index >= 15 is 0 Å². The smallest absolute Gasteiger partial charge is 0.317 e. The maximum atomic E-state index is 11.0. The minimum atomic E-state index is -0.929. The summed E-state index contributed by atoms with van der Waals surface area (Å²) in [5.74, 6) is 1.02. The van der Waals surface area contributed by atoms with Crippen LogP contribution in [0.4, 0.5) is 0 Å². The molecular formula is C14H16N2O3. The number of rotatable bonds is 6. The molecule has 0 unspecified atom stereocenters. The van der Waals surface area contributed by atoms with Gasteiger partial charge in [0, 0.05) is 12.1 Å². The minimum Gasteiger partial charge on any atom is -0.480 e. The minimum absolute atomic E-state index is 0.124. The first-order valence-electron chi connectivity index (χ1n) is 5.71. The van der Waals surface area contributed by atoms with Gasteiger partial charge in [-0.05, 0) is 30.2 Å². The number of benzene rings is 1. The fourth-order valence-corrected chi connectivity index (χ4v) is 1.76. The van der Waals surface area contributed by atoms with Crippen molar-refractivity contribution < 1.29 is 14.7 Å². The second kappa shape index (κ2) is 6.57. The van der Waals surface area contributed by atoms with Crippen LogP contribution in [0.15, 0.2) is 18.2 Å². The van der Waals surface area contributed by atoms with Gasteiger partial charge in [0.25, 0.3) is 0 Å². The third-order valence-electron chi connectivity index (χ3n) is 2.69. The summed E-state index contributed by atoms with van der Waals surface area (Å²) in [6.45, 7) is 2.39. The number of amides is 1. The highest BCUT2D eigenvalue weighted by atomic mass is 16.4. The summed E-state index contributed by atoms with van der Waals surface area (Å²) in [6.07, 6.45) is 5.21. The third kappa shape index (κ3) is 4.45. The zero-order chi connectivity index (χ0) is 14.4. The molecule has 0 saturated heterocycles. The summed E-state index contributed by atoms with van der Waals surface area (Å²) in [4.78, 5) is 23.4. The van der Waals surface area contributed by atoms with Gasteiger partial charge in [0.2, 0.25) is 5.91 Å². The molecule has 0 spiro atoms. The first-order valence-corrected chi connectivity index (χ1v) is 5.71. The van der Waals surface area contributed by atoms with E-state index in [0.29, 0.717) is 12.1 Å². The Morgan fingerprint density at radius 2 is 2.16 bits per heavy atom. The van der Waals surface area contributed by atoms with Crippen molar-refractivity contribution in [3.8, 4) is 12.3 Å². The Kier molecular flexibility index (Phi) is 5.10. The fourth-order valence-electron chi connectivity index (χ4n) is 1.76. The molecule has 0 bridgehead atoms. The van der Waals surface area contributed by atoms with Gasteiger partial charge in [-0.3, -0.25) is 14.5 Å². The number of carbonyl (C=O) groups is 2. The second-order valence-electron chi connectivity index (χ2n) is 4.25. The summed E-state index contributed by atoms with van der Waals surface area (Å²) in [7, 11) is 0. The van der Waals surface area contributed by atoms with E-state index in [1.165, 1.54) is 0 Å². The highest BCUT2D eigenvalue weighted by Crippen LogP contribution is 2.13. The normalized spacial score (nSPS) is 10.2. The average Bonchev–Trinajstić information content (AvgIpc) is 2.31. The van der Waals surface area contributed by atoms with Crippen molar-refractivity contribution in [1.82, 2.24) is 4.90 Å². The summed E-state index contributed by atoms with van der Waals surface area (Å²) in [5.41, 5.74) is 7.42. The maximum Gasteiger partial charge on any atom is 0.317 e. The molecule has 1 aromatic carbocycles. The summed E-state index contributed by atoms with van der Waals surface area (Å²) in [6, 6.07) is 5.08. The van der Waals surface area contributed by atoms with E-state index in [0.717, 1.165) is 11.1 Å². The highest BCUT2D eigenvalue weighted by Gasteiger charge is 2.11. The van der Waals surface area contributed by atoms with E-state index < -0.39 is 11.9 Å². The number of carboxylic acids is 1. The van der Waals surface area contributed by atoms with Crippen LogP contribution in [0.5, 0.6) is 0 Å². The Morgan fingerprint density at radius 1 is 1.47 bits per heavy atom. The summed E-state index contributed by atoms with van der Waals surface area (Å²) in [5, 5.41) is 8.80. The molecule has 5 nitrogen and oxygen atoms in total. The largest absolute Gasteiger partial charge is 0.480 e. The standard InChI is InChI=1S/C14H16N2O3/c1-3-6-16(9-13(17)18)8-12-5-4-11(14(15)19)7-10(12)2/h1,4-5,7H,6,8-9H2,2H3,(H2,15,19)(H,17,18). The summed E-state index contributed by atoms with van der Waals surface area (Å²) < 4.78 is 0. The molecule has 0 aliphatic rings. The molecule has 0 atom stereocenters. The van der Waals surface area contributed by atoms with Crippen molar-refractivity contribution in [2.75, 3.05) is 13.1 Å². The monoisotopic (exact) mass is 260 g/mol. The molecule has 100 valence electrons. The Balaban J connectivity index is 2.88. The van der Waals surface area contributed by atoms with Crippen molar-refractivity contribution >= 4 is 11.9 Å². The van der Waals surface area contributed by atoms with E-state index in [9.17, 15) is 9.59 Å². The van der Waals surface area contributed by atoms with Gasteiger partial charge < -0.3 is 10.8 Å². The zero-order valence-electron chi connectivity index (χ0n) is 10.7. The van der Waals surface area contributed by atoms with Crippen LogP contribution in [0.25, 0.3) is 0 Å². The summed E-state index contributed by atoms with van der Waals surface area (Å²) >= 11 is 0. The number of nitrogens with two attached hydrogens (primary N) is 1. The molecule has 1 amide bonds. The Hall–Kier alpha value is -2.32. The quantitative estimate of drug-likeness (QED) is 0.734. The van der Waals surface area contributed by atoms with E-state index in [2.05, 4.69) is 5.92 Å². The van der Waals surface area contributed by atoms with Crippen LogP contribution in [0.2, 0.25) is 0 Å². The molecule has 3 N–H and O–H groups in total. The number of carbonyl (C=O) groups excluding carboxylic acids is 1. The van der Waals surface area contributed by atoms with Crippen molar-refractivity contribution in [3.05, 3.63) is 34.9 Å². The van der Waals surface area contributed by atoms with Crippen LogP contribution in [-0.4, -0.2) is 35.0 Å². The number of terminal acetylenes is 1. The van der Waals surface area contributed by atoms with Gasteiger partial charge in [-0.2, -0.15) is 0 Å². The number of hydrogen-bond donors (Lipinski definition) is 2. The lowest BCUT2D eigenvalue weighted by molar-refractivity contribution is -0.138. The van der Waals surface area contributed by atoms with Gasteiger partial charge in [0.15, 0.2) is 0 Å². The maximum absolute atomic E-state index is 11.0. The SMILES string of the molecule is C#CCN(CC(=O)O)Cc1ccc(C(N)=O)cc1C. The van der Waals surface area contributed by atoms with Crippen LogP contribution in [0.3, 0.4) is 0 Å². The van der Waals surface area contributed by atoms with Crippen molar-refractivity contribution in [3.63, 3.8) is 0 Å². The Bertz CT molecular complexity index is 532. The lowest BCUT2D eigenvalue weighted by Gasteiger charge is -2.18. The zero-order valence-corrected chi connectivity index (χ0v) is 10.7. The fraction of sp³-hybridized carbons (Fsp3) is 0.286. The van der Waals surface area contributed by atoms with Crippen LogP contribution >= 0.6 is 0 Å². The van der Waals surface area contributed by atoms with Gasteiger partial charge in [-0.25, -0.2) is 0 Å². The Labute approximate surface area is 112 Å². The molecule has 0 aliphatic carbocycles. The molecule has 0 aromatic heterocycles. The lowest BCUT2D eigenvalue weighted by atomic mass is 10.0. The lowest BCUT2D eigenvalue weighted by Crippen LogP contribution is -2.30. The van der Waals surface area contributed by atoms with Crippen LogP contribution in [-0.2, 0) is 11.3 Å². The topological polar surface area (TPSA) is 83.6 Å². The first kappa shape index (κ1) is 14.7. The molecule has 0 aliphatic heterocycles. The molecule has 0 heterocycles. The molecular weight excluding hydrogens is 244 g/mol. The van der Waals surface area contributed by atoms with Crippen molar-refractivity contribution in [2.24, 2.45) is 5.73 Å². The van der Waals surface area contributed by atoms with Gasteiger partial charge in [0.1, 0.15) is 0 Å². The third-order valence-corrected chi connectivity index (χ3v) is 2.69. The molecule has 0 radical (unpaired) electrons. The number of aliphatic carboxylic acids is 1. The van der Waals surface area contributed by atoms with Crippen molar-refractivity contribution in [2.45, 2.75) is 13.5 Å². The molecule has 0 fully saturated rings. The predicted molar refractivity (Wildman–Crippen MR) is 71.4 cm³/mol. The van der Waals surface area contributed by atoms with E-state index in [1.54, 1.807) is 23.1 Å². The number of carboxylic acid groups (broad SMARTS) is 1. The number of primary amides is 1.